The number of carbonyl (C=O) groups excluding carboxylic acids is 2. The zero-order valence-corrected chi connectivity index (χ0v) is 13.4. The van der Waals surface area contributed by atoms with Crippen molar-refractivity contribution >= 4 is 17.7 Å². The molecule has 0 bridgehead atoms. The zero-order valence-electron chi connectivity index (χ0n) is 13.4. The molecule has 1 aliphatic rings. The molecule has 6 nitrogen and oxygen atoms in total. The van der Waals surface area contributed by atoms with Crippen LogP contribution < -0.4 is 4.90 Å². The minimum atomic E-state index is -0.329. The van der Waals surface area contributed by atoms with Gasteiger partial charge in [0, 0.05) is 51.5 Å². The highest BCUT2D eigenvalue weighted by atomic mass is 16.5. The van der Waals surface area contributed by atoms with E-state index < -0.39 is 0 Å². The summed E-state index contributed by atoms with van der Waals surface area (Å²) in [5, 5.41) is 0. The Morgan fingerprint density at radius 3 is 2.18 bits per heavy atom. The maximum Gasteiger partial charge on any atom is 0.409 e. The van der Waals surface area contributed by atoms with E-state index in [0.717, 1.165) is 12.1 Å². The standard InChI is InChI=1S/C16H23N3O3/c1-17(2)14-7-5-13(6-8-14)15(20)18-9-4-10-19(12-11-18)16(21)22-3/h5-8H,4,9-12H2,1-3H3. The van der Waals surface area contributed by atoms with E-state index in [0.29, 0.717) is 31.7 Å². The fourth-order valence-corrected chi connectivity index (χ4v) is 2.52. The molecule has 0 saturated carbocycles. The quantitative estimate of drug-likeness (QED) is 0.834. The Morgan fingerprint density at radius 2 is 1.59 bits per heavy atom. The van der Waals surface area contributed by atoms with Crippen molar-refractivity contribution in [1.29, 1.82) is 0 Å². The Kier molecular flexibility index (Phi) is 5.25. The first-order valence-corrected chi connectivity index (χ1v) is 7.42. The maximum absolute atomic E-state index is 12.6. The molecule has 22 heavy (non-hydrogen) atoms. The van der Waals surface area contributed by atoms with Gasteiger partial charge in [0.2, 0.25) is 0 Å². The molecule has 1 fully saturated rings. The number of amides is 2. The van der Waals surface area contributed by atoms with Gasteiger partial charge >= 0.3 is 6.09 Å². The smallest absolute Gasteiger partial charge is 0.409 e. The van der Waals surface area contributed by atoms with Crippen molar-refractivity contribution in [3.63, 3.8) is 0 Å². The number of methoxy groups -OCH3 is 1. The number of hydrogen-bond donors (Lipinski definition) is 0. The molecule has 1 saturated heterocycles. The van der Waals surface area contributed by atoms with Crippen molar-refractivity contribution in [3.8, 4) is 0 Å². The van der Waals surface area contributed by atoms with Gasteiger partial charge in [-0.15, -0.1) is 0 Å². The maximum atomic E-state index is 12.6. The van der Waals surface area contributed by atoms with Crippen molar-refractivity contribution in [2.45, 2.75) is 6.42 Å². The van der Waals surface area contributed by atoms with Crippen LogP contribution in [0.2, 0.25) is 0 Å². The number of ether oxygens (including phenoxy) is 1. The number of benzene rings is 1. The van der Waals surface area contributed by atoms with Crippen molar-refractivity contribution in [3.05, 3.63) is 29.8 Å². The van der Waals surface area contributed by atoms with E-state index in [4.69, 9.17) is 4.74 Å². The number of hydrogen-bond acceptors (Lipinski definition) is 4. The summed E-state index contributed by atoms with van der Waals surface area (Å²) in [7, 11) is 5.31. The molecule has 0 aliphatic carbocycles. The molecule has 1 aromatic rings. The van der Waals surface area contributed by atoms with E-state index in [1.807, 2.05) is 43.3 Å². The molecule has 120 valence electrons. The van der Waals surface area contributed by atoms with Gasteiger partial charge in [-0.3, -0.25) is 4.79 Å². The van der Waals surface area contributed by atoms with Crippen LogP contribution >= 0.6 is 0 Å². The minimum absolute atomic E-state index is 0.0111. The molecule has 0 N–H and O–H groups in total. The van der Waals surface area contributed by atoms with E-state index in [9.17, 15) is 9.59 Å². The molecule has 0 unspecified atom stereocenters. The van der Waals surface area contributed by atoms with E-state index in [1.165, 1.54) is 7.11 Å². The Morgan fingerprint density at radius 1 is 1.00 bits per heavy atom. The average Bonchev–Trinajstić information content (AvgIpc) is 2.79. The lowest BCUT2D eigenvalue weighted by Crippen LogP contribution is -2.37. The van der Waals surface area contributed by atoms with E-state index >= 15 is 0 Å². The summed E-state index contributed by atoms with van der Waals surface area (Å²) in [6.07, 6.45) is 0.431. The average molecular weight is 305 g/mol. The van der Waals surface area contributed by atoms with Gasteiger partial charge in [-0.25, -0.2) is 4.79 Å². The van der Waals surface area contributed by atoms with Crippen LogP contribution in [-0.2, 0) is 4.74 Å². The van der Waals surface area contributed by atoms with Gasteiger partial charge in [-0.05, 0) is 30.7 Å². The fourth-order valence-electron chi connectivity index (χ4n) is 2.52. The second-order valence-electron chi connectivity index (χ2n) is 5.54. The summed E-state index contributed by atoms with van der Waals surface area (Å²) in [6, 6.07) is 7.57. The SMILES string of the molecule is COC(=O)N1CCCN(C(=O)c2ccc(N(C)C)cc2)CC1. The summed E-state index contributed by atoms with van der Waals surface area (Å²) in [5.74, 6) is 0.0111. The van der Waals surface area contributed by atoms with E-state index in [-0.39, 0.29) is 12.0 Å². The molecule has 0 atom stereocenters. The highest BCUT2D eigenvalue weighted by Gasteiger charge is 2.23. The summed E-state index contributed by atoms with van der Waals surface area (Å²) in [6.45, 7) is 2.31. The fraction of sp³-hybridized carbons (Fsp3) is 0.500. The Labute approximate surface area is 131 Å². The third-order valence-corrected chi connectivity index (χ3v) is 3.85. The number of nitrogens with zero attached hydrogens (tertiary/aromatic N) is 3. The monoisotopic (exact) mass is 305 g/mol. The number of rotatable bonds is 2. The molecule has 6 heteroatoms. The molecule has 1 aliphatic heterocycles. The molecule has 1 heterocycles. The van der Waals surface area contributed by atoms with Gasteiger partial charge in [0.25, 0.3) is 5.91 Å². The molecular formula is C16H23N3O3. The normalized spacial score (nSPS) is 15.2. The lowest BCUT2D eigenvalue weighted by atomic mass is 10.1. The van der Waals surface area contributed by atoms with E-state index in [2.05, 4.69) is 0 Å². The van der Waals surface area contributed by atoms with Crippen molar-refractivity contribution in [1.82, 2.24) is 9.80 Å². The molecular weight excluding hydrogens is 282 g/mol. The topological polar surface area (TPSA) is 53.1 Å². The summed E-state index contributed by atoms with van der Waals surface area (Å²) in [5.41, 5.74) is 1.74. The van der Waals surface area contributed by atoms with Crippen LogP contribution in [0.5, 0.6) is 0 Å². The molecule has 1 aromatic carbocycles. The van der Waals surface area contributed by atoms with Gasteiger partial charge in [0.15, 0.2) is 0 Å². The third-order valence-electron chi connectivity index (χ3n) is 3.85. The zero-order chi connectivity index (χ0) is 16.1. The predicted molar refractivity (Wildman–Crippen MR) is 85.3 cm³/mol. The lowest BCUT2D eigenvalue weighted by molar-refractivity contribution is 0.0757. The van der Waals surface area contributed by atoms with Gasteiger partial charge in [-0.1, -0.05) is 0 Å². The molecule has 0 aromatic heterocycles. The first-order chi connectivity index (χ1) is 10.5. The second kappa shape index (κ2) is 7.15. The van der Waals surface area contributed by atoms with E-state index in [1.54, 1.807) is 9.80 Å². The third kappa shape index (κ3) is 3.69. The van der Waals surface area contributed by atoms with Crippen LogP contribution in [0.4, 0.5) is 10.5 Å². The molecule has 2 amide bonds. The highest BCUT2D eigenvalue weighted by molar-refractivity contribution is 5.94. The lowest BCUT2D eigenvalue weighted by Gasteiger charge is -2.22. The molecule has 0 radical (unpaired) electrons. The molecule has 2 rings (SSSR count). The van der Waals surface area contributed by atoms with Crippen LogP contribution in [0.1, 0.15) is 16.8 Å². The van der Waals surface area contributed by atoms with Crippen LogP contribution in [-0.4, -0.2) is 69.2 Å². The second-order valence-corrected chi connectivity index (χ2v) is 5.54. The van der Waals surface area contributed by atoms with Crippen LogP contribution in [0, 0.1) is 0 Å². The Bertz CT molecular complexity index is 528. The van der Waals surface area contributed by atoms with Gasteiger partial charge in [0.05, 0.1) is 7.11 Å². The van der Waals surface area contributed by atoms with Gasteiger partial charge in [0.1, 0.15) is 0 Å². The van der Waals surface area contributed by atoms with Crippen LogP contribution in [0.15, 0.2) is 24.3 Å². The first kappa shape index (κ1) is 16.1. The predicted octanol–water partition coefficient (Wildman–Crippen LogP) is 1.67. The summed E-state index contributed by atoms with van der Waals surface area (Å²) >= 11 is 0. The van der Waals surface area contributed by atoms with Gasteiger partial charge in [-0.2, -0.15) is 0 Å². The largest absolute Gasteiger partial charge is 0.453 e. The Hall–Kier alpha value is -2.24. The van der Waals surface area contributed by atoms with Crippen molar-refractivity contribution in [2.75, 3.05) is 52.3 Å². The number of carbonyl (C=O) groups is 2. The van der Waals surface area contributed by atoms with Crippen molar-refractivity contribution in [2.24, 2.45) is 0 Å². The number of anilines is 1. The summed E-state index contributed by atoms with van der Waals surface area (Å²) in [4.78, 5) is 29.6. The van der Waals surface area contributed by atoms with Gasteiger partial charge < -0.3 is 19.4 Å². The molecule has 0 spiro atoms. The van der Waals surface area contributed by atoms with Crippen LogP contribution in [0.3, 0.4) is 0 Å². The van der Waals surface area contributed by atoms with Crippen molar-refractivity contribution < 1.29 is 14.3 Å². The minimum Gasteiger partial charge on any atom is -0.453 e. The Balaban J connectivity index is 2.02. The summed E-state index contributed by atoms with van der Waals surface area (Å²) < 4.78 is 4.74. The highest BCUT2D eigenvalue weighted by Crippen LogP contribution is 2.15. The van der Waals surface area contributed by atoms with Crippen LogP contribution in [0.25, 0.3) is 0 Å². The first-order valence-electron chi connectivity index (χ1n) is 7.42.